The molecule has 0 unspecified atom stereocenters. The Balaban J connectivity index is 1.70. The van der Waals surface area contributed by atoms with Crippen LogP contribution in [0.25, 0.3) is 11.4 Å². The van der Waals surface area contributed by atoms with Crippen LogP contribution in [0.5, 0.6) is 5.75 Å². The Kier molecular flexibility index (Phi) is 5.23. The molecule has 1 aromatic heterocycles. The van der Waals surface area contributed by atoms with Crippen molar-refractivity contribution in [2.24, 2.45) is 5.92 Å². The molecule has 1 aromatic carbocycles. The van der Waals surface area contributed by atoms with Crippen molar-refractivity contribution in [3.8, 4) is 17.1 Å². The van der Waals surface area contributed by atoms with Crippen molar-refractivity contribution in [2.75, 3.05) is 31.8 Å². The van der Waals surface area contributed by atoms with Gasteiger partial charge in [0.2, 0.25) is 21.9 Å². The number of hydrogen-bond acceptors (Lipinski definition) is 6. The fourth-order valence-corrected chi connectivity index (χ4v) is 3.86. The number of methoxy groups -OCH3 is 1. The number of nitrogens with zero attached hydrogens (tertiary/aromatic N) is 3. The Bertz CT molecular complexity index is 896. The van der Waals surface area contributed by atoms with E-state index in [1.54, 1.807) is 13.2 Å². The van der Waals surface area contributed by atoms with E-state index in [1.165, 1.54) is 4.31 Å². The van der Waals surface area contributed by atoms with Crippen LogP contribution in [-0.2, 0) is 14.8 Å². The molecular weight excluding hydrogens is 358 g/mol. The van der Waals surface area contributed by atoms with Gasteiger partial charge in [0.15, 0.2) is 5.82 Å². The highest BCUT2D eigenvalue weighted by molar-refractivity contribution is 7.88. The van der Waals surface area contributed by atoms with Crippen LogP contribution in [0.2, 0.25) is 0 Å². The van der Waals surface area contributed by atoms with Crippen LogP contribution in [0.1, 0.15) is 12.8 Å². The lowest BCUT2D eigenvalue weighted by Crippen LogP contribution is -2.43. The summed E-state index contributed by atoms with van der Waals surface area (Å²) in [5, 5.41) is 9.45. The number of piperidine rings is 1. The maximum atomic E-state index is 12.5. The minimum Gasteiger partial charge on any atom is -0.496 e. The third-order valence-electron chi connectivity index (χ3n) is 4.31. The normalized spacial score (nSPS) is 18.5. The average molecular weight is 379 g/mol. The fraction of sp³-hybridized carbons (Fsp3) is 0.438. The smallest absolute Gasteiger partial charge is 0.249 e. The van der Waals surface area contributed by atoms with Crippen molar-refractivity contribution in [1.82, 2.24) is 19.5 Å². The lowest BCUT2D eigenvalue weighted by atomic mass is 9.99. The zero-order valence-corrected chi connectivity index (χ0v) is 15.4. The quantitative estimate of drug-likeness (QED) is 0.803. The van der Waals surface area contributed by atoms with Crippen molar-refractivity contribution in [3.63, 3.8) is 0 Å². The Morgan fingerprint density at radius 1 is 1.38 bits per heavy atom. The van der Waals surface area contributed by atoms with Gasteiger partial charge < -0.3 is 4.74 Å². The summed E-state index contributed by atoms with van der Waals surface area (Å²) in [4.78, 5) is 16.7. The van der Waals surface area contributed by atoms with E-state index in [2.05, 4.69) is 20.5 Å². The van der Waals surface area contributed by atoms with E-state index in [0.717, 1.165) is 11.8 Å². The molecule has 3 rings (SSSR count). The summed E-state index contributed by atoms with van der Waals surface area (Å²) in [5.74, 6) is 0.541. The number of carbonyl (C=O) groups excluding carboxylic acids is 1. The molecule has 2 aromatic rings. The largest absolute Gasteiger partial charge is 0.496 e. The molecule has 1 atom stereocenters. The molecule has 1 amide bonds. The van der Waals surface area contributed by atoms with Gasteiger partial charge in [-0.25, -0.2) is 12.7 Å². The fourth-order valence-electron chi connectivity index (χ4n) is 2.95. The number of anilines is 1. The van der Waals surface area contributed by atoms with Gasteiger partial charge in [-0.1, -0.05) is 12.1 Å². The standard InChI is InChI=1S/C16H21N5O4S/c1-25-13-8-4-3-7-12(13)14-17-16(20-19-14)18-15(22)11-6-5-9-21(10-11)26(2,23)24/h3-4,7-8,11H,5-6,9-10H2,1-2H3,(H2,17,18,19,20,22)/t11-/m1/s1. The van der Waals surface area contributed by atoms with Gasteiger partial charge in [-0.15, -0.1) is 5.10 Å². The van der Waals surface area contributed by atoms with E-state index in [9.17, 15) is 13.2 Å². The molecule has 2 N–H and O–H groups in total. The molecule has 2 heterocycles. The van der Waals surface area contributed by atoms with Crippen molar-refractivity contribution >= 4 is 21.9 Å². The second-order valence-corrected chi connectivity index (χ2v) is 8.14. The highest BCUT2D eigenvalue weighted by Gasteiger charge is 2.30. The Morgan fingerprint density at radius 3 is 2.88 bits per heavy atom. The molecule has 0 bridgehead atoms. The Labute approximate surface area is 151 Å². The molecule has 0 spiro atoms. The zero-order chi connectivity index (χ0) is 18.7. The van der Waals surface area contributed by atoms with Crippen molar-refractivity contribution in [3.05, 3.63) is 24.3 Å². The number of para-hydroxylation sites is 1. The minimum atomic E-state index is -3.30. The van der Waals surface area contributed by atoms with E-state index in [0.29, 0.717) is 31.0 Å². The number of sulfonamides is 1. The van der Waals surface area contributed by atoms with Crippen molar-refractivity contribution in [2.45, 2.75) is 12.8 Å². The van der Waals surface area contributed by atoms with Crippen LogP contribution in [0, 0.1) is 5.92 Å². The van der Waals surface area contributed by atoms with E-state index in [4.69, 9.17) is 4.74 Å². The van der Waals surface area contributed by atoms with Gasteiger partial charge in [0.1, 0.15) is 5.75 Å². The molecule has 1 aliphatic rings. The molecule has 9 nitrogen and oxygen atoms in total. The lowest BCUT2D eigenvalue weighted by Gasteiger charge is -2.29. The molecule has 1 aliphatic heterocycles. The molecule has 1 saturated heterocycles. The summed E-state index contributed by atoms with van der Waals surface area (Å²) in [6.07, 6.45) is 2.43. The summed E-state index contributed by atoms with van der Waals surface area (Å²) < 4.78 is 30.0. The highest BCUT2D eigenvalue weighted by atomic mass is 32.2. The molecule has 0 saturated carbocycles. The van der Waals surface area contributed by atoms with Crippen LogP contribution in [0.15, 0.2) is 24.3 Å². The van der Waals surface area contributed by atoms with Gasteiger partial charge in [-0.05, 0) is 25.0 Å². The Hall–Kier alpha value is -2.46. The van der Waals surface area contributed by atoms with Gasteiger partial charge in [0.05, 0.1) is 24.8 Å². The van der Waals surface area contributed by atoms with Crippen LogP contribution in [-0.4, -0.2) is 60.3 Å². The first-order valence-electron chi connectivity index (χ1n) is 8.20. The van der Waals surface area contributed by atoms with Gasteiger partial charge >= 0.3 is 0 Å². The Morgan fingerprint density at radius 2 is 2.15 bits per heavy atom. The number of H-pyrrole nitrogens is 1. The predicted molar refractivity (Wildman–Crippen MR) is 96.1 cm³/mol. The molecule has 1 fully saturated rings. The summed E-state index contributed by atoms with van der Waals surface area (Å²) in [7, 11) is -1.74. The number of ether oxygens (including phenoxy) is 1. The first kappa shape index (κ1) is 18.3. The second-order valence-electron chi connectivity index (χ2n) is 6.16. The SMILES string of the molecule is COc1ccccc1-c1nc(NC(=O)[C@@H]2CCCN(S(C)(=O)=O)C2)n[nH]1. The molecular formula is C16H21N5O4S. The molecule has 140 valence electrons. The van der Waals surface area contributed by atoms with Crippen LogP contribution < -0.4 is 10.1 Å². The van der Waals surface area contributed by atoms with Gasteiger partial charge in [0.25, 0.3) is 0 Å². The summed E-state index contributed by atoms with van der Waals surface area (Å²) in [5.41, 5.74) is 0.726. The first-order chi connectivity index (χ1) is 12.4. The average Bonchev–Trinajstić information content (AvgIpc) is 3.09. The molecule has 26 heavy (non-hydrogen) atoms. The third-order valence-corrected chi connectivity index (χ3v) is 5.58. The second kappa shape index (κ2) is 7.42. The van der Waals surface area contributed by atoms with E-state index in [1.807, 2.05) is 18.2 Å². The maximum Gasteiger partial charge on any atom is 0.249 e. The van der Waals surface area contributed by atoms with Gasteiger partial charge in [0, 0.05) is 13.1 Å². The molecule has 0 aliphatic carbocycles. The number of benzene rings is 1. The van der Waals surface area contributed by atoms with E-state index >= 15 is 0 Å². The monoisotopic (exact) mass is 379 g/mol. The molecule has 0 radical (unpaired) electrons. The third kappa shape index (κ3) is 4.02. The number of amides is 1. The van der Waals surface area contributed by atoms with E-state index in [-0.39, 0.29) is 18.4 Å². The number of hydrogen-bond donors (Lipinski definition) is 2. The highest BCUT2D eigenvalue weighted by Crippen LogP contribution is 2.27. The van der Waals surface area contributed by atoms with Crippen LogP contribution >= 0.6 is 0 Å². The number of rotatable bonds is 5. The van der Waals surface area contributed by atoms with Crippen LogP contribution in [0.3, 0.4) is 0 Å². The number of aromatic amines is 1. The maximum absolute atomic E-state index is 12.5. The number of aromatic nitrogens is 3. The lowest BCUT2D eigenvalue weighted by molar-refractivity contribution is -0.120. The van der Waals surface area contributed by atoms with E-state index < -0.39 is 15.9 Å². The van der Waals surface area contributed by atoms with Crippen molar-refractivity contribution in [1.29, 1.82) is 0 Å². The van der Waals surface area contributed by atoms with Crippen LogP contribution in [0.4, 0.5) is 5.95 Å². The topological polar surface area (TPSA) is 117 Å². The molecule has 10 heteroatoms. The zero-order valence-electron chi connectivity index (χ0n) is 14.6. The van der Waals surface area contributed by atoms with Gasteiger partial charge in [-0.2, -0.15) is 4.98 Å². The number of carbonyl (C=O) groups is 1. The summed E-state index contributed by atoms with van der Waals surface area (Å²) in [6, 6.07) is 7.33. The predicted octanol–water partition coefficient (Wildman–Crippen LogP) is 1.09. The minimum absolute atomic E-state index is 0.146. The number of nitrogens with one attached hydrogen (secondary N) is 2. The van der Waals surface area contributed by atoms with Gasteiger partial charge in [-0.3, -0.25) is 15.2 Å². The summed E-state index contributed by atoms with van der Waals surface area (Å²) >= 11 is 0. The summed E-state index contributed by atoms with van der Waals surface area (Å²) in [6.45, 7) is 0.621. The van der Waals surface area contributed by atoms with Crippen molar-refractivity contribution < 1.29 is 17.9 Å². The first-order valence-corrected chi connectivity index (χ1v) is 10.0.